The van der Waals surface area contributed by atoms with Gasteiger partial charge >= 0.3 is 0 Å². The van der Waals surface area contributed by atoms with Gasteiger partial charge < -0.3 is 4.74 Å². The van der Waals surface area contributed by atoms with E-state index >= 15 is 0 Å². The van der Waals surface area contributed by atoms with Gasteiger partial charge in [0.2, 0.25) is 0 Å². The number of methoxy groups -OCH3 is 1. The lowest BCUT2D eigenvalue weighted by atomic mass is 9.80. The highest BCUT2D eigenvalue weighted by atomic mass is 16.5. The van der Waals surface area contributed by atoms with Gasteiger partial charge in [-0.1, -0.05) is 19.8 Å². The van der Waals surface area contributed by atoms with E-state index in [0.717, 1.165) is 18.8 Å². The zero-order valence-electron chi connectivity index (χ0n) is 6.81. The minimum Gasteiger partial charge on any atom is -0.381 e. The highest BCUT2D eigenvalue weighted by molar-refractivity contribution is 4.78. The summed E-state index contributed by atoms with van der Waals surface area (Å²) in [6.07, 6.45) is 6.81. The van der Waals surface area contributed by atoms with Crippen molar-refractivity contribution < 1.29 is 4.74 Å². The number of hydrogen-bond donors (Lipinski definition) is 0. The quantitative estimate of drug-likeness (QED) is 0.584. The predicted octanol–water partition coefficient (Wildman–Crippen LogP) is 2.42. The average molecular weight is 141 g/mol. The minimum atomic E-state index is 0.506. The molecule has 1 nitrogen and oxygen atoms in total. The van der Waals surface area contributed by atoms with Crippen molar-refractivity contribution >= 4 is 0 Å². The molecule has 1 radical (unpaired) electrons. The fourth-order valence-corrected chi connectivity index (χ4v) is 1.56. The van der Waals surface area contributed by atoms with Crippen molar-refractivity contribution in [1.29, 1.82) is 0 Å². The Kier molecular flexibility index (Phi) is 3.20. The summed E-state index contributed by atoms with van der Waals surface area (Å²) in [5.41, 5.74) is 0. The third-order valence-corrected chi connectivity index (χ3v) is 2.47. The van der Waals surface area contributed by atoms with E-state index in [1.165, 1.54) is 19.3 Å². The van der Waals surface area contributed by atoms with Gasteiger partial charge in [-0.05, 0) is 25.2 Å². The zero-order chi connectivity index (χ0) is 7.40. The van der Waals surface area contributed by atoms with Gasteiger partial charge in [0.05, 0.1) is 6.10 Å². The van der Waals surface area contributed by atoms with E-state index in [1.807, 2.05) is 7.11 Å². The summed E-state index contributed by atoms with van der Waals surface area (Å²) in [6, 6.07) is 0. The first kappa shape index (κ1) is 8.06. The Morgan fingerprint density at radius 1 is 1.60 bits per heavy atom. The summed E-state index contributed by atoms with van der Waals surface area (Å²) in [7, 11) is 1.82. The van der Waals surface area contributed by atoms with E-state index in [0.29, 0.717) is 6.10 Å². The van der Waals surface area contributed by atoms with Gasteiger partial charge in [0, 0.05) is 7.11 Å². The maximum absolute atomic E-state index is 5.35. The van der Waals surface area contributed by atoms with Gasteiger partial charge in [0.1, 0.15) is 0 Å². The summed E-state index contributed by atoms with van der Waals surface area (Å²) in [5, 5.41) is 0. The molecular formula is C9H17O. The zero-order valence-corrected chi connectivity index (χ0v) is 6.81. The molecule has 0 aromatic heterocycles. The van der Waals surface area contributed by atoms with Gasteiger partial charge in [-0.25, -0.2) is 0 Å². The first-order chi connectivity index (χ1) is 4.88. The maximum atomic E-state index is 5.35. The molecule has 0 N–H and O–H groups in total. The molecule has 1 aliphatic rings. The molecule has 10 heavy (non-hydrogen) atoms. The Labute approximate surface area is 63.8 Å². The van der Waals surface area contributed by atoms with Crippen LogP contribution in [0.1, 0.15) is 32.1 Å². The molecular weight excluding hydrogens is 124 g/mol. The van der Waals surface area contributed by atoms with E-state index in [9.17, 15) is 0 Å². The van der Waals surface area contributed by atoms with E-state index in [1.54, 1.807) is 0 Å². The third-order valence-electron chi connectivity index (χ3n) is 2.47. The highest BCUT2D eigenvalue weighted by Crippen LogP contribution is 2.32. The molecule has 0 aliphatic heterocycles. The molecule has 1 saturated carbocycles. The average Bonchev–Trinajstić information content (AvgIpc) is 1.83. The standard InChI is InChI=1S/C9H17O/c1-3-5-9(10-2)8-6-4-7-8/h8-9H,1,3-7H2,2H3. The first-order valence-electron chi connectivity index (χ1n) is 4.20. The molecule has 1 heteroatoms. The number of ether oxygens (including phenoxy) is 1. The molecule has 1 fully saturated rings. The molecule has 0 amide bonds. The van der Waals surface area contributed by atoms with E-state index in [4.69, 9.17) is 4.74 Å². The maximum Gasteiger partial charge on any atom is 0.0599 e. The molecule has 1 rings (SSSR count). The predicted molar refractivity (Wildman–Crippen MR) is 42.7 cm³/mol. The normalized spacial score (nSPS) is 22.2. The number of rotatable bonds is 4. The van der Waals surface area contributed by atoms with Crippen LogP contribution in [-0.4, -0.2) is 13.2 Å². The molecule has 0 aromatic carbocycles. The summed E-state index contributed by atoms with van der Waals surface area (Å²) in [5.74, 6) is 0.853. The largest absolute Gasteiger partial charge is 0.381 e. The van der Waals surface area contributed by atoms with Crippen LogP contribution in [-0.2, 0) is 4.74 Å². The summed E-state index contributed by atoms with van der Waals surface area (Å²) >= 11 is 0. The van der Waals surface area contributed by atoms with Crippen LogP contribution in [0.4, 0.5) is 0 Å². The second-order valence-corrected chi connectivity index (χ2v) is 3.11. The Morgan fingerprint density at radius 2 is 2.30 bits per heavy atom. The Bertz CT molecular complexity index is 86.7. The lowest BCUT2D eigenvalue weighted by Crippen LogP contribution is -2.28. The monoisotopic (exact) mass is 141 g/mol. The van der Waals surface area contributed by atoms with Crippen molar-refractivity contribution in [1.82, 2.24) is 0 Å². The molecule has 1 unspecified atom stereocenters. The lowest BCUT2D eigenvalue weighted by Gasteiger charge is -2.32. The summed E-state index contributed by atoms with van der Waals surface area (Å²) < 4.78 is 5.35. The van der Waals surface area contributed by atoms with Crippen molar-refractivity contribution in [2.45, 2.75) is 38.2 Å². The van der Waals surface area contributed by atoms with Crippen LogP contribution in [0.15, 0.2) is 0 Å². The van der Waals surface area contributed by atoms with Gasteiger partial charge in [-0.15, -0.1) is 0 Å². The van der Waals surface area contributed by atoms with Gasteiger partial charge in [0.25, 0.3) is 0 Å². The molecule has 1 aliphatic carbocycles. The van der Waals surface area contributed by atoms with Crippen molar-refractivity contribution in [3.8, 4) is 0 Å². The van der Waals surface area contributed by atoms with E-state index < -0.39 is 0 Å². The molecule has 59 valence electrons. The van der Waals surface area contributed by atoms with Crippen molar-refractivity contribution in [2.24, 2.45) is 5.92 Å². The van der Waals surface area contributed by atoms with E-state index in [2.05, 4.69) is 6.92 Å². The van der Waals surface area contributed by atoms with E-state index in [-0.39, 0.29) is 0 Å². The second kappa shape index (κ2) is 3.97. The highest BCUT2D eigenvalue weighted by Gasteiger charge is 2.25. The van der Waals surface area contributed by atoms with Crippen molar-refractivity contribution in [2.75, 3.05) is 7.11 Å². The molecule has 0 saturated heterocycles. The Hall–Kier alpha value is -0.0400. The van der Waals surface area contributed by atoms with Crippen LogP contribution in [0.5, 0.6) is 0 Å². The van der Waals surface area contributed by atoms with Crippen LogP contribution >= 0.6 is 0 Å². The molecule has 0 aromatic rings. The van der Waals surface area contributed by atoms with Gasteiger partial charge in [-0.3, -0.25) is 0 Å². The fraction of sp³-hybridized carbons (Fsp3) is 0.889. The van der Waals surface area contributed by atoms with Crippen molar-refractivity contribution in [3.63, 3.8) is 0 Å². The van der Waals surface area contributed by atoms with Crippen LogP contribution in [0, 0.1) is 12.8 Å². The first-order valence-corrected chi connectivity index (χ1v) is 4.20. The second-order valence-electron chi connectivity index (χ2n) is 3.11. The topological polar surface area (TPSA) is 9.23 Å². The van der Waals surface area contributed by atoms with Crippen LogP contribution in [0.3, 0.4) is 0 Å². The fourth-order valence-electron chi connectivity index (χ4n) is 1.56. The van der Waals surface area contributed by atoms with Crippen LogP contribution in [0.25, 0.3) is 0 Å². The SMILES string of the molecule is [CH2]CCC(OC)C1CCC1. The molecule has 0 heterocycles. The third kappa shape index (κ3) is 1.72. The smallest absolute Gasteiger partial charge is 0.0599 e. The van der Waals surface area contributed by atoms with Gasteiger partial charge in [0.15, 0.2) is 0 Å². The van der Waals surface area contributed by atoms with Crippen LogP contribution < -0.4 is 0 Å². The Balaban J connectivity index is 2.17. The summed E-state index contributed by atoms with van der Waals surface area (Å²) in [4.78, 5) is 0. The van der Waals surface area contributed by atoms with Crippen LogP contribution in [0.2, 0.25) is 0 Å². The molecule has 0 bridgehead atoms. The number of hydrogen-bond acceptors (Lipinski definition) is 1. The minimum absolute atomic E-state index is 0.506. The van der Waals surface area contributed by atoms with Gasteiger partial charge in [-0.2, -0.15) is 0 Å². The Morgan fingerprint density at radius 3 is 2.60 bits per heavy atom. The van der Waals surface area contributed by atoms with Crippen molar-refractivity contribution in [3.05, 3.63) is 6.92 Å². The lowest BCUT2D eigenvalue weighted by molar-refractivity contribution is 0.0142. The summed E-state index contributed by atoms with van der Waals surface area (Å²) in [6.45, 7) is 3.83. The molecule has 0 spiro atoms. The molecule has 1 atom stereocenters.